The van der Waals surface area contributed by atoms with Gasteiger partial charge in [0, 0.05) is 17.5 Å². The molecule has 0 bridgehead atoms. The number of thiazole rings is 1. The minimum Gasteiger partial charge on any atom is -0.376 e. The van der Waals surface area contributed by atoms with E-state index in [4.69, 9.17) is 4.74 Å². The highest BCUT2D eigenvalue weighted by Crippen LogP contribution is 2.28. The van der Waals surface area contributed by atoms with Gasteiger partial charge in [0.05, 0.1) is 23.8 Å². The van der Waals surface area contributed by atoms with Crippen molar-refractivity contribution in [3.8, 4) is 10.6 Å². The molecule has 0 fully saturated rings. The Morgan fingerprint density at radius 1 is 1.16 bits per heavy atom. The van der Waals surface area contributed by atoms with Crippen LogP contribution in [0.4, 0.5) is 4.39 Å². The van der Waals surface area contributed by atoms with Gasteiger partial charge < -0.3 is 4.74 Å². The largest absolute Gasteiger partial charge is 0.376 e. The number of aryl methyl sites for hydroxylation is 2. The molecular weight excluding hydrogens is 335 g/mol. The van der Waals surface area contributed by atoms with E-state index in [9.17, 15) is 4.39 Å². The molecule has 0 aliphatic carbocycles. The molecular formula is C20H21FN2OS. The van der Waals surface area contributed by atoms with E-state index in [1.165, 1.54) is 12.1 Å². The van der Waals surface area contributed by atoms with Crippen LogP contribution in [0.2, 0.25) is 0 Å². The lowest BCUT2D eigenvalue weighted by Crippen LogP contribution is -1.99. The fourth-order valence-corrected chi connectivity index (χ4v) is 3.49. The maximum Gasteiger partial charge on any atom is 0.124 e. The van der Waals surface area contributed by atoms with Gasteiger partial charge in [0.1, 0.15) is 10.8 Å². The fourth-order valence-electron chi connectivity index (χ4n) is 2.50. The number of hydrogen-bond acceptors (Lipinski definition) is 4. The molecule has 0 atom stereocenters. The highest BCUT2D eigenvalue weighted by Gasteiger charge is 2.10. The molecule has 0 amide bonds. The van der Waals surface area contributed by atoms with Crippen LogP contribution >= 0.6 is 11.3 Å². The molecule has 3 aromatic rings. The van der Waals surface area contributed by atoms with Crippen LogP contribution in [0.25, 0.3) is 10.6 Å². The lowest BCUT2D eigenvalue weighted by Gasteiger charge is -2.03. The van der Waals surface area contributed by atoms with Crippen LogP contribution in [-0.2, 0) is 24.2 Å². The Morgan fingerprint density at radius 2 is 1.96 bits per heavy atom. The van der Waals surface area contributed by atoms with Crippen molar-refractivity contribution in [3.05, 3.63) is 70.2 Å². The molecule has 130 valence electrons. The van der Waals surface area contributed by atoms with Gasteiger partial charge in [0.15, 0.2) is 0 Å². The third-order valence-electron chi connectivity index (χ3n) is 4.00. The highest BCUT2D eigenvalue weighted by atomic mass is 32.1. The van der Waals surface area contributed by atoms with Crippen LogP contribution in [0.1, 0.15) is 28.8 Å². The van der Waals surface area contributed by atoms with E-state index in [1.807, 2.05) is 19.2 Å². The lowest BCUT2D eigenvalue weighted by atomic mass is 10.2. The van der Waals surface area contributed by atoms with Crippen LogP contribution in [0.15, 0.2) is 42.6 Å². The van der Waals surface area contributed by atoms with Crippen LogP contribution in [0.5, 0.6) is 0 Å². The summed E-state index contributed by atoms with van der Waals surface area (Å²) in [5.41, 5.74) is 4.27. The molecule has 0 radical (unpaired) electrons. The molecule has 0 unspecified atom stereocenters. The number of benzene rings is 1. The number of pyridine rings is 1. The molecule has 3 nitrogen and oxygen atoms in total. The molecule has 0 aliphatic heterocycles. The minimum atomic E-state index is -0.208. The summed E-state index contributed by atoms with van der Waals surface area (Å²) in [4.78, 5) is 10.2. The van der Waals surface area contributed by atoms with Gasteiger partial charge >= 0.3 is 0 Å². The van der Waals surface area contributed by atoms with Crippen molar-refractivity contribution in [3.63, 3.8) is 0 Å². The second kappa shape index (κ2) is 8.32. The summed E-state index contributed by atoms with van der Waals surface area (Å²) in [6, 6.07) is 10.6. The van der Waals surface area contributed by atoms with Gasteiger partial charge in [-0.25, -0.2) is 9.37 Å². The Bertz CT molecular complexity index is 830. The van der Waals surface area contributed by atoms with Gasteiger partial charge in [-0.2, -0.15) is 0 Å². The second-order valence-electron chi connectivity index (χ2n) is 5.85. The Hall–Kier alpha value is -2.11. The fraction of sp³-hybridized carbons (Fsp3) is 0.300. The molecule has 0 saturated carbocycles. The molecule has 5 heteroatoms. The Morgan fingerprint density at radius 3 is 2.72 bits per heavy atom. The quantitative estimate of drug-likeness (QED) is 0.560. The summed E-state index contributed by atoms with van der Waals surface area (Å²) in [7, 11) is 0. The van der Waals surface area contributed by atoms with Gasteiger partial charge in [-0.1, -0.05) is 19.1 Å². The lowest BCUT2D eigenvalue weighted by molar-refractivity contribution is 0.125. The van der Waals surface area contributed by atoms with Gasteiger partial charge in [0.2, 0.25) is 0 Å². The zero-order valence-electron chi connectivity index (χ0n) is 14.5. The monoisotopic (exact) mass is 356 g/mol. The van der Waals surface area contributed by atoms with E-state index in [0.29, 0.717) is 13.2 Å². The first-order valence-corrected chi connectivity index (χ1v) is 9.21. The molecule has 0 spiro atoms. The number of ether oxygens (including phenoxy) is 1. The summed E-state index contributed by atoms with van der Waals surface area (Å²) in [5, 5.41) is 1.01. The molecule has 0 saturated heterocycles. The first kappa shape index (κ1) is 17.7. The Labute approximate surface area is 151 Å². The van der Waals surface area contributed by atoms with Gasteiger partial charge in [-0.3, -0.25) is 4.98 Å². The van der Waals surface area contributed by atoms with Gasteiger partial charge in [-0.05, 0) is 49.6 Å². The van der Waals surface area contributed by atoms with E-state index in [1.54, 1.807) is 23.5 Å². The number of aromatic nitrogens is 2. The van der Waals surface area contributed by atoms with Crippen LogP contribution < -0.4 is 0 Å². The van der Waals surface area contributed by atoms with Crippen molar-refractivity contribution in [2.24, 2.45) is 0 Å². The summed E-state index contributed by atoms with van der Waals surface area (Å²) in [6.07, 6.45) is 3.52. The molecule has 2 heterocycles. The summed E-state index contributed by atoms with van der Waals surface area (Å²) in [6.45, 7) is 5.27. The summed E-state index contributed by atoms with van der Waals surface area (Å²) >= 11 is 1.67. The number of hydrogen-bond donors (Lipinski definition) is 0. The van der Waals surface area contributed by atoms with E-state index in [2.05, 4.69) is 23.0 Å². The zero-order valence-corrected chi connectivity index (χ0v) is 15.3. The smallest absolute Gasteiger partial charge is 0.124 e. The van der Waals surface area contributed by atoms with Crippen LogP contribution in [-0.4, -0.2) is 16.6 Å². The second-order valence-corrected chi connectivity index (χ2v) is 6.93. The van der Waals surface area contributed by atoms with Crippen LogP contribution in [0.3, 0.4) is 0 Å². The molecule has 1 aromatic carbocycles. The molecule has 0 N–H and O–H groups in total. The van der Waals surface area contributed by atoms with Crippen molar-refractivity contribution in [1.29, 1.82) is 0 Å². The normalized spacial score (nSPS) is 11.0. The third kappa shape index (κ3) is 4.71. The van der Waals surface area contributed by atoms with Gasteiger partial charge in [-0.15, -0.1) is 11.3 Å². The maximum absolute atomic E-state index is 12.9. The Balaban J connectivity index is 1.58. The van der Waals surface area contributed by atoms with Crippen molar-refractivity contribution in [2.75, 3.05) is 6.61 Å². The van der Waals surface area contributed by atoms with E-state index < -0.39 is 0 Å². The predicted octanol–water partition coefficient (Wildman–Crippen LogP) is 4.97. The van der Waals surface area contributed by atoms with E-state index in [0.717, 1.165) is 45.2 Å². The van der Waals surface area contributed by atoms with Crippen LogP contribution in [0, 0.1) is 12.7 Å². The third-order valence-corrected chi connectivity index (χ3v) is 5.18. The summed E-state index contributed by atoms with van der Waals surface area (Å²) < 4.78 is 18.7. The predicted molar refractivity (Wildman–Crippen MR) is 99.2 cm³/mol. The SMILES string of the molecule is CCc1cc(-c2nc(C)c(COCCc3ccc(F)cc3)s2)ccn1. The molecule has 25 heavy (non-hydrogen) atoms. The first-order valence-electron chi connectivity index (χ1n) is 8.39. The first-order chi connectivity index (χ1) is 12.2. The topological polar surface area (TPSA) is 35.0 Å². The molecule has 3 rings (SSSR count). The van der Waals surface area contributed by atoms with Gasteiger partial charge in [0.25, 0.3) is 0 Å². The molecule has 0 aliphatic rings. The maximum atomic E-state index is 12.9. The number of rotatable bonds is 7. The van der Waals surface area contributed by atoms with Crippen molar-refractivity contribution >= 4 is 11.3 Å². The standard InChI is InChI=1S/C20H21FN2OS/c1-3-18-12-16(8-10-22-18)20-23-14(2)19(25-20)13-24-11-9-15-4-6-17(21)7-5-15/h4-8,10,12H,3,9,11,13H2,1-2H3. The van der Waals surface area contributed by atoms with Crippen molar-refractivity contribution < 1.29 is 9.13 Å². The molecule has 2 aromatic heterocycles. The minimum absolute atomic E-state index is 0.208. The highest BCUT2D eigenvalue weighted by molar-refractivity contribution is 7.15. The van der Waals surface area contributed by atoms with Crippen molar-refractivity contribution in [2.45, 2.75) is 33.3 Å². The Kier molecular flexibility index (Phi) is 5.89. The number of halogens is 1. The zero-order chi connectivity index (χ0) is 17.6. The average Bonchev–Trinajstić information content (AvgIpc) is 3.01. The summed E-state index contributed by atoms with van der Waals surface area (Å²) in [5.74, 6) is -0.208. The average molecular weight is 356 g/mol. The van der Waals surface area contributed by atoms with E-state index in [-0.39, 0.29) is 5.82 Å². The number of nitrogens with zero attached hydrogens (tertiary/aromatic N) is 2. The van der Waals surface area contributed by atoms with E-state index >= 15 is 0 Å². The van der Waals surface area contributed by atoms with Crippen molar-refractivity contribution in [1.82, 2.24) is 9.97 Å².